The average Bonchev–Trinajstić information content (AvgIpc) is 4.04. The lowest BCUT2D eigenvalue weighted by molar-refractivity contribution is -0.0903. The van der Waals surface area contributed by atoms with Crippen molar-refractivity contribution in [3.05, 3.63) is 99.4 Å². The number of hydrogen-bond acceptors (Lipinski definition) is 8. The Balaban J connectivity index is 1.34. The van der Waals surface area contributed by atoms with Crippen LogP contribution in [0.5, 0.6) is 0 Å². The molecule has 2 atom stereocenters. The van der Waals surface area contributed by atoms with Crippen LogP contribution in [0, 0.1) is 31.3 Å². The summed E-state index contributed by atoms with van der Waals surface area (Å²) in [6.45, 7) is 8.32. The molecule has 0 saturated carbocycles. The first-order valence-electron chi connectivity index (χ1n) is 20.1. The molecule has 2 aliphatic rings. The minimum atomic E-state index is -4.41. The SMILES string of the molecule is CCCCC(CC)CC1=C(C(F)(F)F)C=CC(=c2ccc(=c3c4nsnc4c(=c4ccc(=C5C=CC(C(F)(F)F)=C(CC(CC)CCCC)C5)s4)c4nsnc34)s2)C1. The summed E-state index contributed by atoms with van der Waals surface area (Å²) in [4.78, 5) is 0. The third-order valence-corrected chi connectivity index (χ3v) is 14.9. The molecule has 1 aromatic carbocycles. The fourth-order valence-electron chi connectivity index (χ4n) is 8.26. The average molecular weight is 873 g/mol. The molecule has 0 aliphatic heterocycles. The molecule has 0 saturated heterocycles. The number of allylic oxidation sites excluding steroid dienone is 8. The highest BCUT2D eigenvalue weighted by molar-refractivity contribution is 7.08. The molecule has 0 radical (unpaired) electrons. The van der Waals surface area contributed by atoms with Gasteiger partial charge < -0.3 is 0 Å². The van der Waals surface area contributed by atoms with Crippen molar-refractivity contribution >= 4 is 79.3 Å². The van der Waals surface area contributed by atoms with Crippen molar-refractivity contribution in [3.63, 3.8) is 0 Å². The highest BCUT2D eigenvalue weighted by atomic mass is 32.1. The van der Waals surface area contributed by atoms with Crippen LogP contribution < -0.4 is 9.06 Å². The topological polar surface area (TPSA) is 51.6 Å². The van der Waals surface area contributed by atoms with Gasteiger partial charge in [0.1, 0.15) is 22.1 Å². The second-order valence-corrected chi connectivity index (χ2v) is 18.6. The van der Waals surface area contributed by atoms with Gasteiger partial charge in [0, 0.05) is 28.6 Å². The van der Waals surface area contributed by atoms with Gasteiger partial charge in [-0.1, -0.05) is 102 Å². The van der Waals surface area contributed by atoms with Gasteiger partial charge in [0.15, 0.2) is 0 Å². The Morgan fingerprint density at radius 2 is 0.897 bits per heavy atom. The highest BCUT2D eigenvalue weighted by Gasteiger charge is 2.37. The Morgan fingerprint density at radius 1 is 0.534 bits per heavy atom. The molecule has 308 valence electrons. The number of nitrogens with zero attached hydrogens (tertiary/aromatic N) is 4. The zero-order chi connectivity index (χ0) is 41.2. The molecule has 4 nitrogen and oxygen atoms in total. The van der Waals surface area contributed by atoms with Crippen molar-refractivity contribution in [2.75, 3.05) is 0 Å². The summed E-state index contributed by atoms with van der Waals surface area (Å²) in [7, 11) is 0. The number of benzene rings is 1. The van der Waals surface area contributed by atoms with E-state index in [4.69, 9.17) is 17.5 Å². The van der Waals surface area contributed by atoms with E-state index in [1.807, 2.05) is 24.3 Å². The smallest absolute Gasteiger partial charge is 0.172 e. The molecular weight excluding hydrogens is 827 g/mol. The van der Waals surface area contributed by atoms with Crippen LogP contribution in [0.4, 0.5) is 26.3 Å². The van der Waals surface area contributed by atoms with E-state index in [0.29, 0.717) is 46.1 Å². The molecule has 2 unspecified atom stereocenters. The third-order valence-electron chi connectivity index (χ3n) is 11.5. The van der Waals surface area contributed by atoms with Gasteiger partial charge in [-0.2, -0.15) is 43.8 Å². The summed E-state index contributed by atoms with van der Waals surface area (Å²) in [5, 5.41) is 1.57. The molecule has 0 spiro atoms. The van der Waals surface area contributed by atoms with E-state index < -0.39 is 23.5 Å². The number of alkyl halides is 6. The number of aromatic nitrogens is 4. The van der Waals surface area contributed by atoms with Crippen LogP contribution in [0.2, 0.25) is 0 Å². The van der Waals surface area contributed by atoms with Gasteiger partial charge in [0.25, 0.3) is 0 Å². The number of halogens is 6. The second-order valence-electron chi connectivity index (χ2n) is 15.3. The van der Waals surface area contributed by atoms with Crippen molar-refractivity contribution in [2.45, 2.75) is 117 Å². The molecular formula is C44H46F6N4S4. The molecule has 4 heterocycles. The van der Waals surface area contributed by atoms with E-state index in [1.165, 1.54) is 34.8 Å². The standard InChI is InChI=1S/C44H46F6N4S4/c1-5-9-11-25(7-3)21-29-23-27(13-15-31(29)43(45,46)47)33-17-19-35(55-33)37-39-41(53-57-51-39)38(42-40(37)52-58-54-42)36-20-18-34(56-36)28-14-16-32(44(48,49)50)30(24-28)22-26(8-4)12-10-6-2/h13-20,25-26H,5-12,21-24H2,1-4H3. The Kier molecular flexibility index (Phi) is 13.3. The molecule has 14 heteroatoms. The quantitative estimate of drug-likeness (QED) is 0.117. The van der Waals surface area contributed by atoms with Crippen LogP contribution >= 0.6 is 46.1 Å². The van der Waals surface area contributed by atoms with Gasteiger partial charge in [0.2, 0.25) is 0 Å². The van der Waals surface area contributed by atoms with Crippen molar-refractivity contribution in [1.29, 1.82) is 0 Å². The lowest BCUT2D eigenvalue weighted by Crippen LogP contribution is -2.18. The fraction of sp³-hybridized carbons (Fsp3) is 0.455. The van der Waals surface area contributed by atoms with Crippen LogP contribution in [0.3, 0.4) is 0 Å². The summed E-state index contributed by atoms with van der Waals surface area (Å²) in [6.07, 6.45) is 5.79. The first-order valence-corrected chi connectivity index (χ1v) is 23.2. The number of rotatable bonds is 12. The van der Waals surface area contributed by atoms with E-state index in [2.05, 4.69) is 27.7 Å². The van der Waals surface area contributed by atoms with E-state index in [1.54, 1.807) is 12.2 Å². The van der Waals surface area contributed by atoms with Crippen molar-refractivity contribution in [2.24, 2.45) is 11.8 Å². The first-order chi connectivity index (χ1) is 27.8. The number of hydrogen-bond donors (Lipinski definition) is 0. The minimum absolute atomic E-state index is 0.205. The maximum absolute atomic E-state index is 14.2. The molecule has 7 rings (SSSR count). The predicted octanol–water partition coefficient (Wildman–Crippen LogP) is 13.5. The van der Waals surface area contributed by atoms with E-state index >= 15 is 0 Å². The van der Waals surface area contributed by atoms with Gasteiger partial charge in [-0.15, -0.1) is 22.7 Å². The lowest BCUT2D eigenvalue weighted by atomic mass is 9.84. The Labute approximate surface area is 349 Å². The van der Waals surface area contributed by atoms with Gasteiger partial charge in [0.05, 0.1) is 34.6 Å². The number of fused-ring (bicyclic) bond motifs is 2. The molecule has 2 aliphatic carbocycles. The van der Waals surface area contributed by atoms with Gasteiger partial charge in [-0.25, -0.2) is 0 Å². The Hall–Kier alpha value is -3.46. The second kappa shape index (κ2) is 18.0. The molecule has 58 heavy (non-hydrogen) atoms. The van der Waals surface area contributed by atoms with E-state index in [9.17, 15) is 26.3 Å². The summed E-state index contributed by atoms with van der Waals surface area (Å²) in [5.41, 5.74) is 4.23. The lowest BCUT2D eigenvalue weighted by Gasteiger charge is -2.23. The van der Waals surface area contributed by atoms with Crippen LogP contribution in [0.1, 0.15) is 105 Å². The number of thiophene rings is 2. The maximum Gasteiger partial charge on any atom is 0.416 e. The van der Waals surface area contributed by atoms with Crippen molar-refractivity contribution < 1.29 is 26.3 Å². The Bertz CT molecular complexity index is 2500. The summed E-state index contributed by atoms with van der Waals surface area (Å²) < 4.78 is 108. The molecule has 0 amide bonds. The zero-order valence-electron chi connectivity index (χ0n) is 32.9. The predicted molar refractivity (Wildman–Crippen MR) is 228 cm³/mol. The molecule has 4 aromatic heterocycles. The molecule has 5 aromatic rings. The number of unbranched alkanes of at least 4 members (excludes halogenated alkanes) is 2. The third kappa shape index (κ3) is 9.00. The Morgan fingerprint density at radius 3 is 1.22 bits per heavy atom. The van der Waals surface area contributed by atoms with Crippen molar-refractivity contribution in [3.8, 4) is 0 Å². The summed E-state index contributed by atoms with van der Waals surface area (Å²) in [6, 6.07) is 7.89. The van der Waals surface area contributed by atoms with E-state index in [-0.39, 0.29) is 24.7 Å². The van der Waals surface area contributed by atoms with E-state index in [0.717, 1.165) is 115 Å². The van der Waals surface area contributed by atoms with Crippen LogP contribution in [0.15, 0.2) is 70.9 Å². The monoisotopic (exact) mass is 872 g/mol. The normalized spacial score (nSPS) is 18.4. The largest absolute Gasteiger partial charge is 0.416 e. The molecule has 0 bridgehead atoms. The molecule has 0 fully saturated rings. The van der Waals surface area contributed by atoms with Crippen LogP contribution in [-0.4, -0.2) is 29.8 Å². The van der Waals surface area contributed by atoms with Crippen molar-refractivity contribution in [1.82, 2.24) is 17.5 Å². The fourth-order valence-corrected chi connectivity index (χ4v) is 11.5. The highest BCUT2D eigenvalue weighted by Crippen LogP contribution is 2.41. The summed E-state index contributed by atoms with van der Waals surface area (Å²) >= 11 is 5.18. The molecule has 0 N–H and O–H groups in total. The zero-order valence-corrected chi connectivity index (χ0v) is 36.2. The first kappa shape index (κ1) is 42.7. The van der Waals surface area contributed by atoms with Gasteiger partial charge in [-0.05, 0) is 85.1 Å². The summed E-state index contributed by atoms with van der Waals surface area (Å²) in [5.74, 6) is 0.409. The van der Waals surface area contributed by atoms with Gasteiger partial charge >= 0.3 is 12.4 Å². The van der Waals surface area contributed by atoms with Gasteiger partial charge in [-0.3, -0.25) is 0 Å². The maximum atomic E-state index is 14.2. The minimum Gasteiger partial charge on any atom is -0.172 e. The van der Waals surface area contributed by atoms with Crippen LogP contribution in [-0.2, 0) is 0 Å². The van der Waals surface area contributed by atoms with Crippen LogP contribution in [0.25, 0.3) is 33.2 Å².